The standard InChI is InChI=1S/C13H16BrNO4S/c1-20(18,19)11-6-2-5-10(14)12(11)15-7-3-4-9(8-15)13(16)17/h2,5-6,9H,3-4,7-8H2,1H3,(H,16,17). The van der Waals surface area contributed by atoms with Crippen LogP contribution in [0.5, 0.6) is 0 Å². The highest BCUT2D eigenvalue weighted by atomic mass is 79.9. The molecule has 1 aliphatic heterocycles. The minimum absolute atomic E-state index is 0.234. The van der Waals surface area contributed by atoms with Gasteiger partial charge in [0.25, 0.3) is 0 Å². The third kappa shape index (κ3) is 3.15. The Labute approximate surface area is 126 Å². The third-order valence-electron chi connectivity index (χ3n) is 3.44. The lowest BCUT2D eigenvalue weighted by atomic mass is 9.98. The fourth-order valence-corrected chi connectivity index (χ4v) is 4.15. The number of sulfone groups is 1. The normalized spacial score (nSPS) is 19.9. The number of hydrogen-bond acceptors (Lipinski definition) is 4. The van der Waals surface area contributed by atoms with Gasteiger partial charge in [-0.2, -0.15) is 0 Å². The molecule has 0 bridgehead atoms. The van der Waals surface area contributed by atoms with E-state index in [1.807, 2.05) is 4.90 Å². The summed E-state index contributed by atoms with van der Waals surface area (Å²) in [5.74, 6) is -1.29. The summed E-state index contributed by atoms with van der Waals surface area (Å²) >= 11 is 3.38. The SMILES string of the molecule is CS(=O)(=O)c1cccc(Br)c1N1CCCC(C(=O)O)C1. The predicted molar refractivity (Wildman–Crippen MR) is 79.8 cm³/mol. The summed E-state index contributed by atoms with van der Waals surface area (Å²) in [6, 6.07) is 5.00. The van der Waals surface area contributed by atoms with E-state index in [4.69, 9.17) is 5.11 Å². The summed E-state index contributed by atoms with van der Waals surface area (Å²) in [4.78, 5) is 13.2. The van der Waals surface area contributed by atoms with E-state index in [-0.39, 0.29) is 4.90 Å². The van der Waals surface area contributed by atoms with E-state index in [0.29, 0.717) is 29.7 Å². The van der Waals surface area contributed by atoms with Crippen LogP contribution in [0.4, 0.5) is 5.69 Å². The molecule has 1 aliphatic rings. The van der Waals surface area contributed by atoms with E-state index in [2.05, 4.69) is 15.9 Å². The Bertz CT molecular complexity index is 629. The van der Waals surface area contributed by atoms with Crippen LogP contribution < -0.4 is 4.90 Å². The molecular weight excluding hydrogens is 346 g/mol. The molecule has 20 heavy (non-hydrogen) atoms. The third-order valence-corrected chi connectivity index (χ3v) is 5.20. The van der Waals surface area contributed by atoms with Crippen molar-refractivity contribution >= 4 is 37.4 Å². The Morgan fingerprint density at radius 1 is 1.45 bits per heavy atom. The Balaban J connectivity index is 2.44. The van der Waals surface area contributed by atoms with Crippen LogP contribution in [-0.2, 0) is 14.6 Å². The van der Waals surface area contributed by atoms with Gasteiger partial charge in [-0.25, -0.2) is 8.42 Å². The van der Waals surface area contributed by atoms with Gasteiger partial charge in [-0.1, -0.05) is 6.07 Å². The van der Waals surface area contributed by atoms with Gasteiger partial charge in [-0.3, -0.25) is 4.79 Å². The summed E-state index contributed by atoms with van der Waals surface area (Å²) in [5.41, 5.74) is 0.570. The monoisotopic (exact) mass is 361 g/mol. The molecule has 1 N–H and O–H groups in total. The first-order valence-corrected chi connectivity index (χ1v) is 8.95. The first-order chi connectivity index (χ1) is 9.30. The number of halogens is 1. The molecule has 1 atom stereocenters. The van der Waals surface area contributed by atoms with E-state index in [1.165, 1.54) is 0 Å². The molecule has 0 aromatic heterocycles. The topological polar surface area (TPSA) is 74.7 Å². The Kier molecular flexibility index (Phi) is 4.39. The molecule has 5 nitrogen and oxygen atoms in total. The summed E-state index contributed by atoms with van der Waals surface area (Å²) in [7, 11) is -3.36. The maximum Gasteiger partial charge on any atom is 0.308 e. The first-order valence-electron chi connectivity index (χ1n) is 6.27. The molecule has 0 saturated carbocycles. The van der Waals surface area contributed by atoms with Crippen molar-refractivity contribution in [2.75, 3.05) is 24.2 Å². The lowest BCUT2D eigenvalue weighted by Crippen LogP contribution is -2.39. The van der Waals surface area contributed by atoms with E-state index in [1.54, 1.807) is 18.2 Å². The average Bonchev–Trinajstić information content (AvgIpc) is 2.37. The number of rotatable bonds is 3. The minimum Gasteiger partial charge on any atom is -0.481 e. The lowest BCUT2D eigenvalue weighted by Gasteiger charge is -2.34. The Hall–Kier alpha value is -1.08. The van der Waals surface area contributed by atoms with Crippen LogP contribution in [0.1, 0.15) is 12.8 Å². The first kappa shape index (κ1) is 15.3. The smallest absolute Gasteiger partial charge is 0.308 e. The van der Waals surface area contributed by atoms with Crippen LogP contribution in [-0.4, -0.2) is 38.8 Å². The van der Waals surface area contributed by atoms with Crippen LogP contribution in [0.25, 0.3) is 0 Å². The summed E-state index contributed by atoms with van der Waals surface area (Å²) in [6.07, 6.45) is 2.53. The average molecular weight is 362 g/mol. The number of para-hydroxylation sites is 1. The van der Waals surface area contributed by atoms with Crippen LogP contribution in [0.15, 0.2) is 27.6 Å². The van der Waals surface area contributed by atoms with Crippen molar-refractivity contribution in [3.05, 3.63) is 22.7 Å². The molecule has 0 radical (unpaired) electrons. The maximum absolute atomic E-state index is 11.9. The number of carbonyl (C=O) groups is 1. The molecule has 0 aliphatic carbocycles. The fraction of sp³-hybridized carbons (Fsp3) is 0.462. The second kappa shape index (κ2) is 5.73. The molecule has 1 fully saturated rings. The molecule has 1 aromatic rings. The van der Waals surface area contributed by atoms with E-state index in [9.17, 15) is 13.2 Å². The number of piperidine rings is 1. The predicted octanol–water partition coefficient (Wildman–Crippen LogP) is 2.15. The molecule has 2 rings (SSSR count). The van der Waals surface area contributed by atoms with Gasteiger partial charge in [0.05, 0.1) is 16.5 Å². The van der Waals surface area contributed by atoms with Gasteiger partial charge in [0, 0.05) is 23.8 Å². The largest absolute Gasteiger partial charge is 0.481 e. The van der Waals surface area contributed by atoms with Crippen molar-refractivity contribution in [2.24, 2.45) is 5.92 Å². The van der Waals surface area contributed by atoms with Crippen LogP contribution in [0, 0.1) is 5.92 Å². The van der Waals surface area contributed by atoms with Gasteiger partial charge < -0.3 is 10.0 Å². The van der Waals surface area contributed by atoms with Gasteiger partial charge in [-0.15, -0.1) is 0 Å². The zero-order valence-electron chi connectivity index (χ0n) is 11.0. The highest BCUT2D eigenvalue weighted by Crippen LogP contribution is 2.35. The number of carboxylic acids is 1. The van der Waals surface area contributed by atoms with Crippen LogP contribution in [0.3, 0.4) is 0 Å². The van der Waals surface area contributed by atoms with Crippen molar-refractivity contribution in [1.82, 2.24) is 0 Å². The molecule has 0 spiro atoms. The molecule has 1 aromatic carbocycles. The quantitative estimate of drug-likeness (QED) is 0.892. The summed E-state index contributed by atoms with van der Waals surface area (Å²) < 4.78 is 24.5. The van der Waals surface area contributed by atoms with E-state index < -0.39 is 21.7 Å². The molecule has 0 amide bonds. The highest BCUT2D eigenvalue weighted by Gasteiger charge is 2.29. The van der Waals surface area contributed by atoms with Crippen molar-refractivity contribution in [2.45, 2.75) is 17.7 Å². The number of carboxylic acid groups (broad SMARTS) is 1. The number of aliphatic carboxylic acids is 1. The minimum atomic E-state index is -3.36. The zero-order valence-corrected chi connectivity index (χ0v) is 13.4. The number of anilines is 1. The number of nitrogens with zero attached hydrogens (tertiary/aromatic N) is 1. The molecule has 1 unspecified atom stereocenters. The van der Waals surface area contributed by atoms with E-state index in [0.717, 1.165) is 12.7 Å². The fourth-order valence-electron chi connectivity index (χ4n) is 2.48. The zero-order chi connectivity index (χ0) is 14.9. The van der Waals surface area contributed by atoms with Gasteiger partial charge in [0.15, 0.2) is 9.84 Å². The number of hydrogen-bond donors (Lipinski definition) is 1. The lowest BCUT2D eigenvalue weighted by molar-refractivity contribution is -0.141. The van der Waals surface area contributed by atoms with Crippen molar-refractivity contribution in [1.29, 1.82) is 0 Å². The van der Waals surface area contributed by atoms with Gasteiger partial charge >= 0.3 is 5.97 Å². The second-order valence-corrected chi connectivity index (χ2v) is 7.82. The molecule has 1 heterocycles. The van der Waals surface area contributed by atoms with E-state index >= 15 is 0 Å². The van der Waals surface area contributed by atoms with Crippen molar-refractivity contribution in [3.63, 3.8) is 0 Å². The van der Waals surface area contributed by atoms with Crippen LogP contribution >= 0.6 is 15.9 Å². The van der Waals surface area contributed by atoms with Gasteiger partial charge in [-0.05, 0) is 40.9 Å². The summed E-state index contributed by atoms with van der Waals surface area (Å²) in [6.45, 7) is 0.995. The Morgan fingerprint density at radius 3 is 2.75 bits per heavy atom. The molecule has 110 valence electrons. The second-order valence-electron chi connectivity index (χ2n) is 4.98. The molecular formula is C13H16BrNO4S. The van der Waals surface area contributed by atoms with Crippen molar-refractivity contribution < 1.29 is 18.3 Å². The summed E-state index contributed by atoms with van der Waals surface area (Å²) in [5, 5.41) is 9.14. The van der Waals surface area contributed by atoms with Gasteiger partial charge in [0.2, 0.25) is 0 Å². The van der Waals surface area contributed by atoms with Crippen LogP contribution in [0.2, 0.25) is 0 Å². The number of benzene rings is 1. The molecule has 7 heteroatoms. The maximum atomic E-state index is 11.9. The Morgan fingerprint density at radius 2 is 2.15 bits per heavy atom. The molecule has 1 saturated heterocycles. The van der Waals surface area contributed by atoms with Crippen molar-refractivity contribution in [3.8, 4) is 0 Å². The highest BCUT2D eigenvalue weighted by molar-refractivity contribution is 9.10. The van der Waals surface area contributed by atoms with Gasteiger partial charge in [0.1, 0.15) is 0 Å².